The summed E-state index contributed by atoms with van der Waals surface area (Å²) < 4.78 is 39.8. The molecule has 0 radical (unpaired) electrons. The molecule has 8 heteroatoms. The molecule has 1 fully saturated rings. The molecule has 1 heterocycles. The number of amides is 2. The highest BCUT2D eigenvalue weighted by Crippen LogP contribution is 2.22. The number of ether oxygens (including phenoxy) is 1. The fraction of sp³-hybridized carbons (Fsp3) is 0.429. The van der Waals surface area contributed by atoms with E-state index >= 15 is 0 Å². The molecule has 1 saturated heterocycles. The molecular formula is C14H15F3N2O3. The van der Waals surface area contributed by atoms with Crippen LogP contribution in [0.5, 0.6) is 5.75 Å². The molecule has 0 aromatic heterocycles. The summed E-state index contributed by atoms with van der Waals surface area (Å²) in [5.41, 5.74) is 0.635. The second-order valence-corrected chi connectivity index (χ2v) is 4.89. The van der Waals surface area contributed by atoms with Crippen LogP contribution in [-0.2, 0) is 16.1 Å². The number of hydrogen-bond acceptors (Lipinski definition) is 3. The van der Waals surface area contributed by atoms with Gasteiger partial charge in [0, 0.05) is 19.5 Å². The minimum absolute atomic E-state index is 0.00804. The summed E-state index contributed by atoms with van der Waals surface area (Å²) >= 11 is 0. The first kappa shape index (κ1) is 16.1. The van der Waals surface area contributed by atoms with E-state index in [1.165, 1.54) is 29.2 Å². The Morgan fingerprint density at radius 2 is 1.95 bits per heavy atom. The van der Waals surface area contributed by atoms with E-state index in [2.05, 4.69) is 10.1 Å². The van der Waals surface area contributed by atoms with E-state index in [9.17, 15) is 22.8 Å². The van der Waals surface area contributed by atoms with E-state index in [0.29, 0.717) is 18.5 Å². The van der Waals surface area contributed by atoms with Crippen molar-refractivity contribution in [2.24, 2.45) is 0 Å². The summed E-state index contributed by atoms with van der Waals surface area (Å²) in [7, 11) is 0. The second-order valence-electron chi connectivity index (χ2n) is 4.89. The minimum atomic E-state index is -4.72. The molecule has 0 atom stereocenters. The van der Waals surface area contributed by atoms with Crippen LogP contribution in [0.25, 0.3) is 0 Å². The average Bonchev–Trinajstić information content (AvgIpc) is 2.82. The largest absolute Gasteiger partial charge is 0.573 e. The van der Waals surface area contributed by atoms with Gasteiger partial charge in [-0.15, -0.1) is 13.2 Å². The van der Waals surface area contributed by atoms with Crippen molar-refractivity contribution in [3.8, 4) is 5.75 Å². The van der Waals surface area contributed by atoms with Crippen LogP contribution in [0.1, 0.15) is 18.4 Å². The monoisotopic (exact) mass is 316 g/mol. The van der Waals surface area contributed by atoms with Crippen LogP contribution < -0.4 is 10.1 Å². The van der Waals surface area contributed by atoms with Crippen LogP contribution in [0, 0.1) is 0 Å². The van der Waals surface area contributed by atoms with Crippen LogP contribution >= 0.6 is 0 Å². The normalized spacial score (nSPS) is 15.0. The first-order valence-electron chi connectivity index (χ1n) is 6.73. The van der Waals surface area contributed by atoms with Gasteiger partial charge < -0.3 is 15.0 Å². The number of rotatable bonds is 5. The Labute approximate surface area is 125 Å². The average molecular weight is 316 g/mol. The Balaban J connectivity index is 1.79. The Bertz CT molecular complexity index is 543. The SMILES string of the molecule is O=C(CN1CCCC1=O)NCc1ccc(OC(F)(F)F)cc1. The third-order valence-corrected chi connectivity index (χ3v) is 3.15. The number of nitrogens with one attached hydrogen (secondary N) is 1. The van der Waals surface area contributed by atoms with Gasteiger partial charge in [-0.05, 0) is 24.1 Å². The van der Waals surface area contributed by atoms with Gasteiger partial charge in [-0.25, -0.2) is 0 Å². The van der Waals surface area contributed by atoms with Crippen molar-refractivity contribution in [3.05, 3.63) is 29.8 Å². The van der Waals surface area contributed by atoms with Crippen LogP contribution in [0.15, 0.2) is 24.3 Å². The third kappa shape index (κ3) is 4.94. The van der Waals surface area contributed by atoms with Gasteiger partial charge >= 0.3 is 6.36 Å². The summed E-state index contributed by atoms with van der Waals surface area (Å²) in [6, 6.07) is 5.22. The maximum Gasteiger partial charge on any atom is 0.573 e. The van der Waals surface area contributed by atoms with Gasteiger partial charge in [-0.1, -0.05) is 12.1 Å². The van der Waals surface area contributed by atoms with Crippen molar-refractivity contribution in [3.63, 3.8) is 0 Å². The molecule has 0 saturated carbocycles. The maximum absolute atomic E-state index is 12.0. The number of benzene rings is 1. The molecule has 0 unspecified atom stereocenters. The van der Waals surface area contributed by atoms with E-state index in [1.807, 2.05) is 0 Å². The third-order valence-electron chi connectivity index (χ3n) is 3.15. The first-order chi connectivity index (χ1) is 10.3. The number of halogens is 3. The van der Waals surface area contributed by atoms with Gasteiger partial charge in [0.15, 0.2) is 0 Å². The van der Waals surface area contributed by atoms with Gasteiger partial charge in [0.05, 0.1) is 6.54 Å². The molecule has 1 aromatic rings. The molecule has 22 heavy (non-hydrogen) atoms. The predicted molar refractivity (Wildman–Crippen MR) is 70.8 cm³/mol. The highest BCUT2D eigenvalue weighted by atomic mass is 19.4. The Morgan fingerprint density at radius 3 is 2.50 bits per heavy atom. The van der Waals surface area contributed by atoms with E-state index in [4.69, 9.17) is 0 Å². The molecule has 2 rings (SSSR count). The predicted octanol–water partition coefficient (Wildman–Crippen LogP) is 1.82. The lowest BCUT2D eigenvalue weighted by Gasteiger charge is -2.15. The van der Waals surface area contributed by atoms with Gasteiger partial charge in [0.25, 0.3) is 0 Å². The molecule has 2 amide bonds. The quantitative estimate of drug-likeness (QED) is 0.901. The van der Waals surface area contributed by atoms with Crippen molar-refractivity contribution in [2.75, 3.05) is 13.1 Å². The minimum Gasteiger partial charge on any atom is -0.406 e. The van der Waals surface area contributed by atoms with Crippen molar-refractivity contribution in [1.82, 2.24) is 10.2 Å². The fourth-order valence-electron chi connectivity index (χ4n) is 2.11. The summed E-state index contributed by atoms with van der Waals surface area (Å²) in [6.45, 7) is 0.761. The van der Waals surface area contributed by atoms with Gasteiger partial charge in [-0.3, -0.25) is 9.59 Å². The van der Waals surface area contributed by atoms with Crippen LogP contribution in [-0.4, -0.2) is 36.2 Å². The highest BCUT2D eigenvalue weighted by molar-refractivity contribution is 5.85. The van der Waals surface area contributed by atoms with Crippen molar-refractivity contribution >= 4 is 11.8 Å². The first-order valence-corrected chi connectivity index (χ1v) is 6.73. The van der Waals surface area contributed by atoms with E-state index in [-0.39, 0.29) is 30.7 Å². The lowest BCUT2D eigenvalue weighted by Crippen LogP contribution is -2.37. The number of likely N-dealkylation sites (tertiary alicyclic amines) is 1. The smallest absolute Gasteiger partial charge is 0.406 e. The molecule has 1 aliphatic heterocycles. The lowest BCUT2D eigenvalue weighted by molar-refractivity contribution is -0.274. The standard InChI is InChI=1S/C14H15F3N2O3/c15-14(16,17)22-11-5-3-10(4-6-11)8-18-12(20)9-19-7-1-2-13(19)21/h3-6H,1-2,7-9H2,(H,18,20). The Morgan fingerprint density at radius 1 is 1.27 bits per heavy atom. The van der Waals surface area contributed by atoms with E-state index in [1.54, 1.807) is 0 Å². The molecule has 120 valence electrons. The van der Waals surface area contributed by atoms with Crippen molar-refractivity contribution in [2.45, 2.75) is 25.7 Å². The van der Waals surface area contributed by atoms with Crippen molar-refractivity contribution < 1.29 is 27.5 Å². The second kappa shape index (κ2) is 6.67. The highest BCUT2D eigenvalue weighted by Gasteiger charge is 2.30. The maximum atomic E-state index is 12.0. The number of nitrogens with zero attached hydrogens (tertiary/aromatic N) is 1. The molecule has 1 N–H and O–H groups in total. The summed E-state index contributed by atoms with van der Waals surface area (Å²) in [5, 5.41) is 2.62. The number of alkyl halides is 3. The van der Waals surface area contributed by atoms with Gasteiger partial charge in [-0.2, -0.15) is 0 Å². The summed E-state index contributed by atoms with van der Waals surface area (Å²) in [6.07, 6.45) is -3.50. The fourth-order valence-corrected chi connectivity index (χ4v) is 2.11. The Hall–Kier alpha value is -2.25. The Kier molecular flexibility index (Phi) is 4.89. The van der Waals surface area contributed by atoms with E-state index < -0.39 is 6.36 Å². The number of hydrogen-bond donors (Lipinski definition) is 1. The molecule has 0 aliphatic carbocycles. The molecule has 1 aromatic carbocycles. The molecule has 0 bridgehead atoms. The van der Waals surface area contributed by atoms with Gasteiger partial charge in [0.2, 0.25) is 11.8 Å². The van der Waals surface area contributed by atoms with Crippen LogP contribution in [0.2, 0.25) is 0 Å². The van der Waals surface area contributed by atoms with Crippen LogP contribution in [0.3, 0.4) is 0 Å². The number of carbonyl (C=O) groups is 2. The van der Waals surface area contributed by atoms with Crippen molar-refractivity contribution in [1.29, 1.82) is 0 Å². The topological polar surface area (TPSA) is 58.6 Å². The van der Waals surface area contributed by atoms with Gasteiger partial charge in [0.1, 0.15) is 5.75 Å². The zero-order chi connectivity index (χ0) is 16.2. The number of carbonyl (C=O) groups excluding carboxylic acids is 2. The molecular weight excluding hydrogens is 301 g/mol. The molecule has 1 aliphatic rings. The van der Waals surface area contributed by atoms with E-state index in [0.717, 1.165) is 6.42 Å². The zero-order valence-corrected chi connectivity index (χ0v) is 11.7. The lowest BCUT2D eigenvalue weighted by atomic mass is 10.2. The summed E-state index contributed by atoms with van der Waals surface area (Å²) in [4.78, 5) is 24.6. The van der Waals surface area contributed by atoms with Crippen LogP contribution in [0.4, 0.5) is 13.2 Å². The molecule has 5 nitrogen and oxygen atoms in total. The molecule has 0 spiro atoms. The summed E-state index contributed by atoms with van der Waals surface area (Å²) in [5.74, 6) is -0.653. The zero-order valence-electron chi connectivity index (χ0n) is 11.7.